The second kappa shape index (κ2) is 4.49. The van der Waals surface area contributed by atoms with Gasteiger partial charge in [0.2, 0.25) is 10.0 Å². The van der Waals surface area contributed by atoms with Gasteiger partial charge in [-0.25, -0.2) is 17.8 Å². The Balaban J connectivity index is 1.67. The van der Waals surface area contributed by atoms with Crippen molar-refractivity contribution in [2.75, 3.05) is 6.61 Å². The zero-order valence-electron chi connectivity index (χ0n) is 11.6. The van der Waals surface area contributed by atoms with Crippen LogP contribution < -0.4 is 4.72 Å². The number of ether oxygens (including phenoxy) is 1. The average molecular weight is 308 g/mol. The molecule has 1 aliphatic heterocycles. The molecular formula is C13H16N4O3S. The van der Waals surface area contributed by atoms with Gasteiger partial charge in [-0.05, 0) is 25.0 Å². The topological polar surface area (TPSA) is 86.1 Å². The smallest absolute Gasteiger partial charge is 0.243 e. The quantitative estimate of drug-likeness (QED) is 0.888. The van der Waals surface area contributed by atoms with Gasteiger partial charge in [0.1, 0.15) is 10.4 Å². The van der Waals surface area contributed by atoms with E-state index in [9.17, 15) is 8.42 Å². The molecule has 0 bridgehead atoms. The molecule has 112 valence electrons. The fourth-order valence-corrected chi connectivity index (χ4v) is 4.70. The lowest BCUT2D eigenvalue weighted by molar-refractivity contribution is 0.0143. The molecular weight excluding hydrogens is 292 g/mol. The standard InChI is InChI=1S/C13H16N4O3S/c1-17-10-3-2-4-12(13(10)14-16-17)21(18,19)15-9-7-11-8(9)5-6-20-11/h2-4,8-9,11,15H,5-7H2,1H3/t8-,9-,11+/m1/s1. The summed E-state index contributed by atoms with van der Waals surface area (Å²) in [6, 6.07) is 5.05. The maximum atomic E-state index is 12.6. The van der Waals surface area contributed by atoms with Gasteiger partial charge in [0.25, 0.3) is 0 Å². The highest BCUT2D eigenvalue weighted by atomic mass is 32.2. The molecule has 1 aliphatic carbocycles. The lowest BCUT2D eigenvalue weighted by Gasteiger charge is -2.38. The van der Waals surface area contributed by atoms with Gasteiger partial charge in [-0.3, -0.25) is 0 Å². The summed E-state index contributed by atoms with van der Waals surface area (Å²) < 4.78 is 35.1. The second-order valence-corrected chi connectivity index (χ2v) is 7.34. The number of hydrogen-bond donors (Lipinski definition) is 1. The van der Waals surface area contributed by atoms with Crippen molar-refractivity contribution >= 4 is 21.1 Å². The molecule has 3 atom stereocenters. The summed E-state index contributed by atoms with van der Waals surface area (Å²) in [5.41, 5.74) is 1.11. The predicted octanol–water partition coefficient (Wildman–Crippen LogP) is 0.424. The van der Waals surface area contributed by atoms with Crippen LogP contribution in [-0.4, -0.2) is 42.2 Å². The van der Waals surface area contributed by atoms with Crippen molar-refractivity contribution in [3.05, 3.63) is 18.2 Å². The summed E-state index contributed by atoms with van der Waals surface area (Å²) in [6.07, 6.45) is 1.90. The van der Waals surface area contributed by atoms with E-state index in [1.807, 2.05) is 0 Å². The van der Waals surface area contributed by atoms with E-state index in [1.165, 1.54) is 0 Å². The van der Waals surface area contributed by atoms with Crippen LogP contribution in [0, 0.1) is 5.92 Å². The van der Waals surface area contributed by atoms with Crippen LogP contribution in [0.15, 0.2) is 23.1 Å². The van der Waals surface area contributed by atoms with Crippen molar-refractivity contribution in [1.29, 1.82) is 0 Å². The van der Waals surface area contributed by atoms with Gasteiger partial charge in [-0.1, -0.05) is 11.3 Å². The number of nitrogens with zero attached hydrogens (tertiary/aromatic N) is 3. The number of aromatic nitrogens is 3. The zero-order chi connectivity index (χ0) is 14.6. The van der Waals surface area contributed by atoms with Crippen LogP contribution in [-0.2, 0) is 21.8 Å². The van der Waals surface area contributed by atoms with Gasteiger partial charge in [0, 0.05) is 25.6 Å². The summed E-state index contributed by atoms with van der Waals surface area (Å²) in [5.74, 6) is 0.306. The lowest BCUT2D eigenvalue weighted by atomic mass is 9.77. The van der Waals surface area contributed by atoms with Gasteiger partial charge < -0.3 is 4.74 Å². The molecule has 0 spiro atoms. The van der Waals surface area contributed by atoms with Crippen molar-refractivity contribution in [3.8, 4) is 0 Å². The lowest BCUT2D eigenvalue weighted by Crippen LogP contribution is -2.53. The van der Waals surface area contributed by atoms with E-state index in [4.69, 9.17) is 4.74 Å². The fraction of sp³-hybridized carbons (Fsp3) is 0.538. The Labute approximate surface area is 122 Å². The molecule has 2 aliphatic rings. The van der Waals surface area contributed by atoms with Crippen LogP contribution >= 0.6 is 0 Å². The molecule has 1 saturated heterocycles. The Bertz CT molecular complexity index is 801. The van der Waals surface area contributed by atoms with Crippen LogP contribution in [0.3, 0.4) is 0 Å². The molecule has 1 saturated carbocycles. The fourth-order valence-electron chi connectivity index (χ4n) is 3.24. The van der Waals surface area contributed by atoms with Crippen molar-refractivity contribution in [2.45, 2.75) is 29.9 Å². The van der Waals surface area contributed by atoms with Crippen LogP contribution in [0.5, 0.6) is 0 Å². The van der Waals surface area contributed by atoms with E-state index < -0.39 is 10.0 Å². The molecule has 0 unspecified atom stereocenters. The van der Waals surface area contributed by atoms with E-state index in [1.54, 1.807) is 29.9 Å². The van der Waals surface area contributed by atoms with Crippen molar-refractivity contribution in [3.63, 3.8) is 0 Å². The van der Waals surface area contributed by atoms with Crippen LogP contribution in [0.2, 0.25) is 0 Å². The number of benzene rings is 1. The maximum absolute atomic E-state index is 12.6. The van der Waals surface area contributed by atoms with Crippen LogP contribution in [0.4, 0.5) is 0 Å². The third kappa shape index (κ3) is 1.97. The molecule has 1 aromatic heterocycles. The number of fused-ring (bicyclic) bond motifs is 2. The maximum Gasteiger partial charge on any atom is 0.243 e. The van der Waals surface area contributed by atoms with Crippen LogP contribution in [0.25, 0.3) is 11.0 Å². The minimum absolute atomic E-state index is 0.0329. The molecule has 1 N–H and O–H groups in total. The molecule has 2 heterocycles. The molecule has 2 fully saturated rings. The highest BCUT2D eigenvalue weighted by Crippen LogP contribution is 2.39. The molecule has 1 aromatic carbocycles. The Hall–Kier alpha value is -1.51. The Morgan fingerprint density at radius 3 is 3.10 bits per heavy atom. The Kier molecular flexibility index (Phi) is 2.82. The van der Waals surface area contributed by atoms with E-state index in [-0.39, 0.29) is 17.0 Å². The van der Waals surface area contributed by atoms with Gasteiger partial charge in [-0.15, -0.1) is 5.10 Å². The number of sulfonamides is 1. The largest absolute Gasteiger partial charge is 0.378 e. The van der Waals surface area contributed by atoms with Crippen molar-refractivity contribution in [2.24, 2.45) is 13.0 Å². The minimum atomic E-state index is -3.59. The third-order valence-corrected chi connectivity index (χ3v) is 5.99. The summed E-state index contributed by atoms with van der Waals surface area (Å²) in [7, 11) is -1.85. The number of hydrogen-bond acceptors (Lipinski definition) is 5. The first-order chi connectivity index (χ1) is 10.1. The number of aryl methyl sites for hydroxylation is 1. The number of nitrogens with one attached hydrogen (secondary N) is 1. The highest BCUT2D eigenvalue weighted by molar-refractivity contribution is 7.89. The normalized spacial score (nSPS) is 28.5. The number of rotatable bonds is 3. The molecule has 0 amide bonds. The van der Waals surface area contributed by atoms with E-state index >= 15 is 0 Å². The van der Waals surface area contributed by atoms with E-state index in [2.05, 4.69) is 15.0 Å². The molecule has 21 heavy (non-hydrogen) atoms. The highest BCUT2D eigenvalue weighted by Gasteiger charge is 2.46. The zero-order valence-corrected chi connectivity index (χ0v) is 12.4. The van der Waals surface area contributed by atoms with Crippen LogP contribution in [0.1, 0.15) is 12.8 Å². The van der Waals surface area contributed by atoms with Gasteiger partial charge in [-0.2, -0.15) is 0 Å². The van der Waals surface area contributed by atoms with Crippen molar-refractivity contribution in [1.82, 2.24) is 19.7 Å². The average Bonchev–Trinajstić information content (AvgIpc) is 3.00. The van der Waals surface area contributed by atoms with Crippen molar-refractivity contribution < 1.29 is 13.2 Å². The van der Waals surface area contributed by atoms with Gasteiger partial charge >= 0.3 is 0 Å². The molecule has 8 heteroatoms. The Morgan fingerprint density at radius 2 is 2.29 bits per heavy atom. The minimum Gasteiger partial charge on any atom is -0.378 e. The SMILES string of the molecule is Cn1nnc2c(S(=O)(=O)N[C@@H]3C[C@@H]4OCC[C@@H]43)cccc21. The predicted molar refractivity (Wildman–Crippen MR) is 75.1 cm³/mol. The summed E-state index contributed by atoms with van der Waals surface area (Å²) in [5, 5.41) is 7.86. The molecule has 2 aromatic rings. The molecule has 0 radical (unpaired) electrons. The summed E-state index contributed by atoms with van der Waals surface area (Å²) in [4.78, 5) is 0.190. The summed E-state index contributed by atoms with van der Waals surface area (Å²) in [6.45, 7) is 0.729. The third-order valence-electron chi connectivity index (χ3n) is 4.46. The van der Waals surface area contributed by atoms with Gasteiger partial charge in [0.05, 0.1) is 11.6 Å². The monoisotopic (exact) mass is 308 g/mol. The molecule has 4 rings (SSSR count). The summed E-state index contributed by atoms with van der Waals surface area (Å²) >= 11 is 0. The van der Waals surface area contributed by atoms with E-state index in [0.717, 1.165) is 19.4 Å². The first-order valence-corrected chi connectivity index (χ1v) is 8.47. The van der Waals surface area contributed by atoms with Gasteiger partial charge in [0.15, 0.2) is 0 Å². The second-order valence-electron chi connectivity index (χ2n) is 5.66. The first kappa shape index (κ1) is 13.2. The van der Waals surface area contributed by atoms with E-state index in [0.29, 0.717) is 17.0 Å². The Morgan fingerprint density at radius 1 is 1.43 bits per heavy atom. The first-order valence-electron chi connectivity index (χ1n) is 6.98. The molecule has 7 nitrogen and oxygen atoms in total.